The van der Waals surface area contributed by atoms with E-state index in [1.807, 2.05) is 0 Å². The summed E-state index contributed by atoms with van der Waals surface area (Å²) < 4.78 is 30.7. The Kier molecular flexibility index (Phi) is 4.30. The van der Waals surface area contributed by atoms with Gasteiger partial charge in [0.25, 0.3) is 0 Å². The summed E-state index contributed by atoms with van der Waals surface area (Å²) in [6, 6.07) is 8.33. The fourth-order valence-electron chi connectivity index (χ4n) is 3.46. The van der Waals surface area contributed by atoms with E-state index in [0.717, 1.165) is 6.26 Å². The van der Waals surface area contributed by atoms with Gasteiger partial charge in [-0.2, -0.15) is 0 Å². The predicted molar refractivity (Wildman–Crippen MR) is 109 cm³/mol. The molecule has 4 rings (SSSR count). The van der Waals surface area contributed by atoms with Gasteiger partial charge in [0.2, 0.25) is 15.9 Å². The zero-order valence-corrected chi connectivity index (χ0v) is 16.7. The molecule has 2 heterocycles. The van der Waals surface area contributed by atoms with Gasteiger partial charge in [-0.1, -0.05) is 0 Å². The number of H-pyrrole nitrogens is 1. The number of sulfonamides is 1. The van der Waals surface area contributed by atoms with Gasteiger partial charge in [-0.3, -0.25) is 14.3 Å². The van der Waals surface area contributed by atoms with Gasteiger partial charge >= 0.3 is 0 Å². The van der Waals surface area contributed by atoms with E-state index in [1.54, 1.807) is 30.3 Å². The van der Waals surface area contributed by atoms with Crippen LogP contribution in [0.3, 0.4) is 0 Å². The molecule has 0 saturated heterocycles. The lowest BCUT2D eigenvalue weighted by molar-refractivity contribution is -0.125. The maximum absolute atomic E-state index is 12.0. The van der Waals surface area contributed by atoms with E-state index in [2.05, 4.69) is 20.0 Å². The minimum Gasteiger partial charge on any atom is -0.496 e. The number of fused-ring (bicyclic) bond motifs is 2. The van der Waals surface area contributed by atoms with Crippen LogP contribution in [-0.4, -0.2) is 43.4 Å². The first kappa shape index (κ1) is 18.9. The highest BCUT2D eigenvalue weighted by Gasteiger charge is 2.34. The highest BCUT2D eigenvalue weighted by Crippen LogP contribution is 2.38. The van der Waals surface area contributed by atoms with E-state index < -0.39 is 15.9 Å². The van der Waals surface area contributed by atoms with Crippen LogP contribution in [0.25, 0.3) is 22.4 Å². The Labute approximate surface area is 166 Å². The summed E-state index contributed by atoms with van der Waals surface area (Å²) in [6.07, 6.45) is 1.07. The topological polar surface area (TPSA) is 130 Å². The molecular formula is C19H18N4O5S. The first-order valence-electron chi connectivity index (χ1n) is 8.67. The molecule has 1 aromatic heterocycles. The Morgan fingerprint density at radius 1 is 1.24 bits per heavy atom. The minimum absolute atomic E-state index is 0.226. The molecule has 0 radical (unpaired) electrons. The molecule has 3 aromatic rings. The van der Waals surface area contributed by atoms with Crippen LogP contribution < -0.4 is 14.8 Å². The van der Waals surface area contributed by atoms with Gasteiger partial charge in [0.1, 0.15) is 23.3 Å². The maximum Gasteiger partial charge on any atom is 0.239 e. The molecule has 0 fully saturated rings. The second-order valence-electron chi connectivity index (χ2n) is 6.86. The Morgan fingerprint density at radius 2 is 2.00 bits per heavy atom. The highest BCUT2D eigenvalue weighted by molar-refractivity contribution is 7.92. The highest BCUT2D eigenvalue weighted by atomic mass is 32.2. The second kappa shape index (κ2) is 6.59. The molecule has 29 heavy (non-hydrogen) atoms. The molecule has 1 amide bonds. The number of aromatic nitrogens is 2. The molecule has 3 N–H and O–H groups in total. The van der Waals surface area contributed by atoms with Crippen LogP contribution in [0, 0.1) is 0 Å². The van der Waals surface area contributed by atoms with E-state index in [4.69, 9.17) is 4.74 Å². The van der Waals surface area contributed by atoms with Crippen LogP contribution in [0.1, 0.15) is 18.4 Å². The average Bonchev–Trinajstić information content (AvgIpc) is 3.16. The summed E-state index contributed by atoms with van der Waals surface area (Å²) in [5.41, 5.74) is 3.47. The van der Waals surface area contributed by atoms with Crippen molar-refractivity contribution in [2.24, 2.45) is 0 Å². The van der Waals surface area contributed by atoms with Crippen LogP contribution in [0.5, 0.6) is 5.75 Å². The van der Waals surface area contributed by atoms with Crippen LogP contribution in [-0.2, 0) is 19.6 Å². The molecule has 1 unspecified atom stereocenters. The fourth-order valence-corrected chi connectivity index (χ4v) is 4.02. The lowest BCUT2D eigenvalue weighted by Crippen LogP contribution is -2.18. The van der Waals surface area contributed by atoms with E-state index in [0.29, 0.717) is 45.1 Å². The molecular weight excluding hydrogens is 396 g/mol. The lowest BCUT2D eigenvalue weighted by Gasteiger charge is -2.09. The number of imidazole rings is 1. The molecule has 2 aromatic carbocycles. The standard InChI is InChI=1S/C19H18N4O5S/c1-9(24)17-12-7-14-15(8-13(12)22-19(17)25)21-18(20-14)11-5-4-10(6-16(11)28-2)23-29(3,26)27/h4-8,17,23H,1-3H3,(H,20,21)(H,22,25). The Morgan fingerprint density at radius 3 is 2.66 bits per heavy atom. The molecule has 1 aliphatic rings. The summed E-state index contributed by atoms with van der Waals surface area (Å²) in [5.74, 6) is -0.443. The summed E-state index contributed by atoms with van der Waals surface area (Å²) in [6.45, 7) is 1.39. The molecule has 1 atom stereocenters. The zero-order chi connectivity index (χ0) is 20.9. The van der Waals surface area contributed by atoms with Crippen LogP contribution in [0.15, 0.2) is 30.3 Å². The van der Waals surface area contributed by atoms with Crippen molar-refractivity contribution in [1.29, 1.82) is 0 Å². The zero-order valence-electron chi connectivity index (χ0n) is 15.9. The van der Waals surface area contributed by atoms with Gasteiger partial charge in [-0.15, -0.1) is 0 Å². The number of carbonyl (C=O) groups excluding carboxylic acids is 2. The summed E-state index contributed by atoms with van der Waals surface area (Å²) >= 11 is 0. The maximum atomic E-state index is 12.0. The number of ketones is 1. The van der Waals surface area contributed by atoms with Crippen molar-refractivity contribution in [3.63, 3.8) is 0 Å². The van der Waals surface area contributed by atoms with E-state index >= 15 is 0 Å². The number of amides is 1. The third-order valence-electron chi connectivity index (χ3n) is 4.65. The largest absolute Gasteiger partial charge is 0.496 e. The number of aromatic amines is 1. The average molecular weight is 414 g/mol. The van der Waals surface area contributed by atoms with Crippen LogP contribution in [0.4, 0.5) is 11.4 Å². The molecule has 1 aliphatic heterocycles. The number of benzene rings is 2. The summed E-state index contributed by atoms with van der Waals surface area (Å²) in [5, 5.41) is 2.72. The van der Waals surface area contributed by atoms with Crippen molar-refractivity contribution in [3.05, 3.63) is 35.9 Å². The number of hydrogen-bond donors (Lipinski definition) is 3. The van der Waals surface area contributed by atoms with E-state index in [9.17, 15) is 18.0 Å². The summed E-state index contributed by atoms with van der Waals surface area (Å²) in [7, 11) is -1.93. The normalized spacial score (nSPS) is 15.8. The number of methoxy groups -OCH3 is 1. The first-order chi connectivity index (χ1) is 13.7. The first-order valence-corrected chi connectivity index (χ1v) is 10.6. The number of rotatable bonds is 5. The number of carbonyl (C=O) groups is 2. The van der Waals surface area contributed by atoms with E-state index in [1.165, 1.54) is 14.0 Å². The van der Waals surface area contributed by atoms with Gasteiger partial charge in [-0.05, 0) is 36.8 Å². The summed E-state index contributed by atoms with van der Waals surface area (Å²) in [4.78, 5) is 31.6. The van der Waals surface area contributed by atoms with Crippen molar-refractivity contribution < 1.29 is 22.7 Å². The quantitative estimate of drug-likeness (QED) is 0.549. The van der Waals surface area contributed by atoms with Crippen LogP contribution >= 0.6 is 0 Å². The van der Waals surface area contributed by atoms with Crippen molar-refractivity contribution in [1.82, 2.24) is 9.97 Å². The van der Waals surface area contributed by atoms with Gasteiger partial charge in [0.15, 0.2) is 0 Å². The van der Waals surface area contributed by atoms with Crippen LogP contribution in [0.2, 0.25) is 0 Å². The number of Topliss-reactive ketones (excluding diaryl/α,β-unsaturated/α-hetero) is 1. The monoisotopic (exact) mass is 414 g/mol. The molecule has 0 bridgehead atoms. The smallest absolute Gasteiger partial charge is 0.239 e. The number of hydrogen-bond acceptors (Lipinski definition) is 6. The Bertz CT molecular complexity index is 1280. The molecule has 150 valence electrons. The SMILES string of the molecule is COc1cc(NS(C)(=O)=O)ccc1-c1nc2cc3c(cc2[nH]1)C(C(C)=O)C(=O)N3. The second-order valence-corrected chi connectivity index (χ2v) is 8.61. The third-order valence-corrected chi connectivity index (χ3v) is 5.26. The van der Waals surface area contributed by atoms with Gasteiger partial charge in [-0.25, -0.2) is 13.4 Å². The van der Waals surface area contributed by atoms with Gasteiger partial charge in [0.05, 0.1) is 35.6 Å². The number of anilines is 2. The van der Waals surface area contributed by atoms with E-state index in [-0.39, 0.29) is 11.7 Å². The van der Waals surface area contributed by atoms with Gasteiger partial charge < -0.3 is 15.0 Å². The molecule has 9 nitrogen and oxygen atoms in total. The molecule has 0 aliphatic carbocycles. The fraction of sp³-hybridized carbons (Fsp3) is 0.211. The van der Waals surface area contributed by atoms with Gasteiger partial charge in [0, 0.05) is 11.8 Å². The Hall–Kier alpha value is -3.40. The predicted octanol–water partition coefficient (Wildman–Crippen LogP) is 2.23. The minimum atomic E-state index is -3.41. The van der Waals surface area contributed by atoms with Crippen molar-refractivity contribution in [2.45, 2.75) is 12.8 Å². The number of nitrogens with one attached hydrogen (secondary N) is 3. The number of nitrogens with zero attached hydrogens (tertiary/aromatic N) is 1. The Balaban J connectivity index is 1.78. The molecule has 0 spiro atoms. The van der Waals surface area contributed by atoms with Crippen molar-refractivity contribution in [2.75, 3.05) is 23.4 Å². The lowest BCUT2D eigenvalue weighted by atomic mass is 9.97. The third kappa shape index (κ3) is 3.42. The number of ether oxygens (including phenoxy) is 1. The molecule has 10 heteroatoms. The van der Waals surface area contributed by atoms with Crippen molar-refractivity contribution >= 4 is 44.1 Å². The van der Waals surface area contributed by atoms with Crippen molar-refractivity contribution in [3.8, 4) is 17.1 Å². The molecule has 0 saturated carbocycles.